The molecule has 0 aromatic heterocycles. The summed E-state index contributed by atoms with van der Waals surface area (Å²) in [4.78, 5) is 0. The number of rotatable bonds is 23. The topological polar surface area (TPSA) is 0 Å². The molecule has 210 valence electrons. The van der Waals surface area contributed by atoms with Crippen LogP contribution in [0.15, 0.2) is 30.3 Å². The molecule has 1 aromatic rings. The van der Waals surface area contributed by atoms with E-state index in [2.05, 4.69) is 51.1 Å². The smallest absolute Gasteiger partial charge is 0.0842 e. The van der Waals surface area contributed by atoms with E-state index in [0.717, 1.165) is 0 Å². The van der Waals surface area contributed by atoms with Crippen molar-refractivity contribution in [3.8, 4) is 0 Å². The quantitative estimate of drug-likeness (QED) is 0.114. The van der Waals surface area contributed by atoms with Crippen LogP contribution in [0, 0.1) is 0 Å². The third-order valence-electron chi connectivity index (χ3n) is 7.32. The second-order valence-corrected chi connectivity index (χ2v) is 14.8. The first kappa shape index (κ1) is 40.5. The molecule has 4 heteroatoms. The van der Waals surface area contributed by atoms with Gasteiger partial charge in [-0.05, 0) is 54.0 Å². The molecule has 0 bridgehead atoms. The largest absolute Gasteiger partial charge is 1.00 e. The first-order chi connectivity index (χ1) is 15.8. The van der Waals surface area contributed by atoms with Crippen LogP contribution in [0.5, 0.6) is 0 Å². The molecule has 0 N–H and O–H groups in total. The summed E-state index contributed by atoms with van der Waals surface area (Å²) in [6, 6.07) is 11.6. The summed E-state index contributed by atoms with van der Waals surface area (Å²) < 4.78 is 0. The van der Waals surface area contributed by atoms with Gasteiger partial charge in [-0.2, -0.15) is 0 Å². The predicted octanol–water partition coefficient (Wildman–Crippen LogP) is 5.08. The van der Waals surface area contributed by atoms with Crippen LogP contribution in [0.1, 0.15) is 142 Å². The van der Waals surface area contributed by atoms with Crippen molar-refractivity contribution in [1.82, 2.24) is 0 Å². The fourth-order valence-electron chi connectivity index (χ4n) is 5.23. The summed E-state index contributed by atoms with van der Waals surface area (Å²) in [5.74, 6) is 0. The van der Waals surface area contributed by atoms with Gasteiger partial charge in [-0.15, -0.1) is 0 Å². The summed E-state index contributed by atoms with van der Waals surface area (Å²) in [6.07, 6.45) is 32.2. The van der Waals surface area contributed by atoms with Crippen LogP contribution in [0.4, 0.5) is 0 Å². The summed E-state index contributed by atoms with van der Waals surface area (Å²) in [5, 5.41) is 0. The molecule has 0 saturated carbocycles. The Morgan fingerprint density at radius 2 is 0.771 bits per heavy atom. The second kappa shape index (κ2) is 29.6. The van der Waals surface area contributed by atoms with Gasteiger partial charge < -0.3 is 34.0 Å². The minimum atomic E-state index is -0.885. The van der Waals surface area contributed by atoms with Crippen molar-refractivity contribution in [3.63, 3.8) is 0 Å². The van der Waals surface area contributed by atoms with Gasteiger partial charge in [0.15, 0.2) is 0 Å². The summed E-state index contributed by atoms with van der Waals surface area (Å²) in [5.41, 5.74) is 1.63. The molecule has 0 aliphatic carbocycles. The molecule has 0 radical (unpaired) electrons. The fraction of sp³-hybridized carbons (Fsp3) is 0.806. The fourth-order valence-corrected chi connectivity index (χ4v) is 10.0. The molecule has 1 unspecified atom stereocenters. The van der Waals surface area contributed by atoms with Crippen LogP contribution >= 0.6 is 17.2 Å². The van der Waals surface area contributed by atoms with Crippen LogP contribution < -0.4 is 34.0 Å². The van der Waals surface area contributed by atoms with E-state index in [1.807, 2.05) is 0 Å². The lowest BCUT2D eigenvalue weighted by Gasteiger charge is -2.28. The van der Waals surface area contributed by atoms with E-state index in [-0.39, 0.29) is 43.9 Å². The van der Waals surface area contributed by atoms with Gasteiger partial charge in [-0.1, -0.05) is 128 Å². The van der Waals surface area contributed by atoms with Gasteiger partial charge in [0.05, 0.1) is 24.6 Å². The van der Waals surface area contributed by atoms with Crippen molar-refractivity contribution < 1.29 is 34.0 Å². The van der Waals surface area contributed by atoms with Gasteiger partial charge in [0.25, 0.3) is 0 Å². The number of hydrogen-bond donors (Lipinski definition) is 0. The zero-order chi connectivity index (χ0) is 23.2. The molecule has 0 heterocycles. The standard InChI is InChI=1S/C31H58P.2BrH.H3P/c1-4-7-10-13-16-22-27-32(28-23-17-14-11-8-5-2,29-24-18-15-12-9-6-3)30-31-25-20-19-21-26-31;;;/h19-21,25-26H,4-18,22-24,27-30H2,1-3H3;2*1H;1H3/q+1;;;/p-1. The highest BCUT2D eigenvalue weighted by molar-refractivity contribution is 7.75. The molecule has 1 atom stereocenters. The first-order valence-electron chi connectivity index (χ1n) is 14.7. The Morgan fingerprint density at radius 1 is 0.457 bits per heavy atom. The highest BCUT2D eigenvalue weighted by atomic mass is 79.9. The summed E-state index contributed by atoms with van der Waals surface area (Å²) in [7, 11) is -0.885. The molecule has 35 heavy (non-hydrogen) atoms. The van der Waals surface area contributed by atoms with Gasteiger partial charge in [-0.25, -0.2) is 0 Å². The normalized spacial score (nSPS) is 10.8. The Balaban J connectivity index is -0.00000341. The van der Waals surface area contributed by atoms with Crippen molar-refractivity contribution in [3.05, 3.63) is 35.9 Å². The van der Waals surface area contributed by atoms with E-state index in [4.69, 9.17) is 0 Å². The van der Waals surface area contributed by atoms with E-state index in [1.165, 1.54) is 122 Å². The molecule has 0 nitrogen and oxygen atoms in total. The van der Waals surface area contributed by atoms with Gasteiger partial charge in [0.1, 0.15) is 0 Å². The number of halogens is 2. The highest BCUT2D eigenvalue weighted by Gasteiger charge is 2.35. The van der Waals surface area contributed by atoms with Crippen LogP contribution in [-0.4, -0.2) is 18.5 Å². The van der Waals surface area contributed by atoms with Crippen molar-refractivity contribution in [1.29, 1.82) is 0 Å². The van der Waals surface area contributed by atoms with Crippen molar-refractivity contribution >= 4 is 17.2 Å². The van der Waals surface area contributed by atoms with E-state index in [1.54, 1.807) is 24.0 Å². The third-order valence-corrected chi connectivity index (χ3v) is 12.1. The van der Waals surface area contributed by atoms with Gasteiger partial charge in [-0.3, -0.25) is 0 Å². The zero-order valence-corrected chi connectivity index (χ0v) is 30.2. The zero-order valence-electron chi connectivity index (χ0n) is 24.1. The van der Waals surface area contributed by atoms with Crippen LogP contribution in [-0.2, 0) is 6.16 Å². The van der Waals surface area contributed by atoms with Crippen molar-refractivity contribution in [2.24, 2.45) is 0 Å². The van der Waals surface area contributed by atoms with E-state index in [0.29, 0.717) is 0 Å². The maximum absolute atomic E-state index is 2.42. The maximum atomic E-state index is 2.42. The number of benzene rings is 1. The molecule has 0 spiro atoms. The lowest BCUT2D eigenvalue weighted by Crippen LogP contribution is -3.00. The molecular weight excluding hydrogens is 594 g/mol. The van der Waals surface area contributed by atoms with Gasteiger partial charge in [0, 0.05) is 7.26 Å². The average molecular weight is 657 g/mol. The third kappa shape index (κ3) is 22.7. The first-order valence-corrected chi connectivity index (χ1v) is 17.2. The highest BCUT2D eigenvalue weighted by Crippen LogP contribution is 2.63. The molecule has 0 fully saturated rings. The Morgan fingerprint density at radius 3 is 1.11 bits per heavy atom. The molecule has 1 rings (SSSR count). The van der Waals surface area contributed by atoms with Gasteiger partial charge in [0.2, 0.25) is 0 Å². The molecule has 0 aliphatic heterocycles. The van der Waals surface area contributed by atoms with Crippen molar-refractivity contribution in [2.45, 2.75) is 143 Å². The minimum Gasteiger partial charge on any atom is -1.00 e. The van der Waals surface area contributed by atoms with Crippen LogP contribution in [0.2, 0.25) is 0 Å². The number of unbranched alkanes of at least 4 members (excludes halogenated alkanes) is 15. The van der Waals surface area contributed by atoms with Crippen LogP contribution in [0.3, 0.4) is 0 Å². The molecule has 0 saturated heterocycles. The second-order valence-electron chi connectivity index (χ2n) is 10.5. The Kier molecular flexibility index (Phi) is 34.3. The van der Waals surface area contributed by atoms with Gasteiger partial charge >= 0.3 is 0 Å². The lowest BCUT2D eigenvalue weighted by atomic mass is 10.1. The SMILES string of the molecule is CCCCCCCC[P+](CCCCCCCC)(CCCCCCCC)Cc1ccccc1.[Br-].[Br-].[PH4+]. The molecule has 0 amide bonds. The van der Waals surface area contributed by atoms with Crippen LogP contribution in [0.25, 0.3) is 0 Å². The van der Waals surface area contributed by atoms with E-state index >= 15 is 0 Å². The maximum Gasteiger partial charge on any atom is 0.0842 e. The Bertz CT molecular complexity index is 469. The summed E-state index contributed by atoms with van der Waals surface area (Å²) >= 11 is 0. The Hall–Kier alpha value is 1.04. The number of hydrogen-bond acceptors (Lipinski definition) is 0. The van der Waals surface area contributed by atoms with Crippen molar-refractivity contribution in [2.75, 3.05) is 18.5 Å². The van der Waals surface area contributed by atoms with E-state index < -0.39 is 7.26 Å². The molecule has 1 aromatic carbocycles. The monoisotopic (exact) mass is 654 g/mol. The lowest BCUT2D eigenvalue weighted by molar-refractivity contribution is -0.001000. The average Bonchev–Trinajstić information content (AvgIpc) is 2.81. The Labute approximate surface area is 246 Å². The molecular formula is C31H62Br2P2. The summed E-state index contributed by atoms with van der Waals surface area (Å²) in [6.45, 7) is 6.99. The van der Waals surface area contributed by atoms with E-state index in [9.17, 15) is 0 Å². The predicted molar refractivity (Wildman–Crippen MR) is 164 cm³/mol. The minimum absolute atomic E-state index is 0. The molecule has 0 aliphatic rings.